The summed E-state index contributed by atoms with van der Waals surface area (Å²) in [6.07, 6.45) is 5.38. The molecule has 6 heteroatoms. The van der Waals surface area contributed by atoms with Crippen LogP contribution in [-0.4, -0.2) is 17.4 Å². The summed E-state index contributed by atoms with van der Waals surface area (Å²) in [5, 5.41) is 3.99. The molecule has 1 amide bonds. The van der Waals surface area contributed by atoms with Crippen LogP contribution in [0.25, 0.3) is 11.0 Å². The molecule has 6 rings (SSSR count). The number of nitrogens with one attached hydrogen (secondary N) is 1. The van der Waals surface area contributed by atoms with Crippen molar-refractivity contribution in [3.8, 4) is 0 Å². The van der Waals surface area contributed by atoms with Gasteiger partial charge in [-0.3, -0.25) is 9.59 Å². The summed E-state index contributed by atoms with van der Waals surface area (Å²) in [6, 6.07) is 5.32. The predicted octanol–water partition coefficient (Wildman–Crippen LogP) is 3.93. The first kappa shape index (κ1) is 20.3. The SMILES string of the molecule is CC(=O)NC12CC3CC(C1)CC(C(=O)OCc1cc(=O)oc4c(C)c(C)ccc14)(C3)C2. The molecule has 2 unspecified atom stereocenters. The van der Waals surface area contributed by atoms with Gasteiger partial charge in [0.15, 0.2) is 0 Å². The zero-order chi connectivity index (χ0) is 22.0. The summed E-state index contributed by atoms with van der Waals surface area (Å²) >= 11 is 0. The highest BCUT2D eigenvalue weighted by Crippen LogP contribution is 2.62. The van der Waals surface area contributed by atoms with Crippen LogP contribution in [0.4, 0.5) is 0 Å². The third-order valence-corrected chi connectivity index (χ3v) is 7.81. The fourth-order valence-electron chi connectivity index (χ4n) is 6.96. The van der Waals surface area contributed by atoms with Crippen molar-refractivity contribution in [1.82, 2.24) is 5.32 Å². The van der Waals surface area contributed by atoms with Crippen LogP contribution in [-0.2, 0) is 20.9 Å². The smallest absolute Gasteiger partial charge is 0.336 e. The van der Waals surface area contributed by atoms with Crippen molar-refractivity contribution in [3.05, 3.63) is 45.3 Å². The number of carbonyl (C=O) groups excluding carboxylic acids is 2. The standard InChI is InChI=1S/C25H29NO5/c1-14-4-5-20-19(7-21(28)31-22(20)15(14)2)12-30-23(29)24-8-17-6-18(9-24)11-25(10-17,13-24)26-16(3)27/h4-5,7,17-18H,6,8-13H2,1-3H3,(H,26,27). The highest BCUT2D eigenvalue weighted by Gasteiger charge is 2.61. The summed E-state index contributed by atoms with van der Waals surface area (Å²) in [4.78, 5) is 37.4. The maximum Gasteiger partial charge on any atom is 0.336 e. The molecule has 6 nitrogen and oxygen atoms in total. The summed E-state index contributed by atoms with van der Waals surface area (Å²) in [6.45, 7) is 5.50. The van der Waals surface area contributed by atoms with Gasteiger partial charge in [0, 0.05) is 29.5 Å². The number of aryl methyl sites for hydroxylation is 2. The van der Waals surface area contributed by atoms with Gasteiger partial charge in [-0.2, -0.15) is 0 Å². The minimum atomic E-state index is -0.533. The Hall–Kier alpha value is -2.63. The zero-order valence-corrected chi connectivity index (χ0v) is 18.4. The van der Waals surface area contributed by atoms with Crippen LogP contribution in [0.15, 0.2) is 27.4 Å². The first-order valence-electron chi connectivity index (χ1n) is 11.2. The average Bonchev–Trinajstić information content (AvgIpc) is 2.67. The monoisotopic (exact) mass is 423 g/mol. The van der Waals surface area contributed by atoms with Gasteiger partial charge in [0.05, 0.1) is 5.41 Å². The van der Waals surface area contributed by atoms with Gasteiger partial charge in [0.1, 0.15) is 12.2 Å². The summed E-state index contributed by atoms with van der Waals surface area (Å²) in [5.41, 5.74) is 1.94. The highest BCUT2D eigenvalue weighted by atomic mass is 16.5. The van der Waals surface area contributed by atoms with Crippen LogP contribution in [0.3, 0.4) is 0 Å². The van der Waals surface area contributed by atoms with E-state index in [1.807, 2.05) is 26.0 Å². The van der Waals surface area contributed by atoms with Gasteiger partial charge in [-0.15, -0.1) is 0 Å². The lowest BCUT2D eigenvalue weighted by Gasteiger charge is -2.60. The van der Waals surface area contributed by atoms with Gasteiger partial charge >= 0.3 is 11.6 Å². The first-order chi connectivity index (χ1) is 14.7. The molecule has 4 fully saturated rings. The van der Waals surface area contributed by atoms with Gasteiger partial charge in [-0.05, 0) is 75.3 Å². The largest absolute Gasteiger partial charge is 0.460 e. The Bertz CT molecular complexity index is 1130. The van der Waals surface area contributed by atoms with Gasteiger partial charge in [0.2, 0.25) is 5.91 Å². The molecule has 1 aromatic heterocycles. The number of rotatable bonds is 4. The minimum absolute atomic E-state index is 0.0291. The van der Waals surface area contributed by atoms with E-state index in [2.05, 4.69) is 5.32 Å². The lowest BCUT2D eigenvalue weighted by Crippen LogP contribution is -2.64. The minimum Gasteiger partial charge on any atom is -0.460 e. The van der Waals surface area contributed by atoms with Crippen molar-refractivity contribution in [2.75, 3.05) is 0 Å². The molecule has 4 saturated carbocycles. The second kappa shape index (κ2) is 6.94. The van der Waals surface area contributed by atoms with Crippen LogP contribution < -0.4 is 10.9 Å². The highest BCUT2D eigenvalue weighted by molar-refractivity contribution is 5.84. The molecule has 2 aromatic rings. The van der Waals surface area contributed by atoms with Crippen molar-refractivity contribution in [2.45, 2.75) is 71.4 Å². The number of ether oxygens (including phenoxy) is 1. The molecule has 4 aliphatic rings. The van der Waals surface area contributed by atoms with Crippen LogP contribution in [0.1, 0.15) is 62.1 Å². The molecule has 0 radical (unpaired) electrons. The Morgan fingerprint density at radius 1 is 1.16 bits per heavy atom. The van der Waals surface area contributed by atoms with Gasteiger partial charge < -0.3 is 14.5 Å². The molecule has 4 aliphatic carbocycles. The Morgan fingerprint density at radius 3 is 2.55 bits per heavy atom. The lowest BCUT2D eigenvalue weighted by molar-refractivity contribution is -0.177. The third kappa shape index (κ3) is 3.36. The van der Waals surface area contributed by atoms with Crippen LogP contribution in [0.5, 0.6) is 0 Å². The topological polar surface area (TPSA) is 85.6 Å². The van der Waals surface area contributed by atoms with E-state index in [0.29, 0.717) is 29.4 Å². The predicted molar refractivity (Wildman–Crippen MR) is 115 cm³/mol. The number of amides is 1. The van der Waals surface area contributed by atoms with Crippen LogP contribution >= 0.6 is 0 Å². The quantitative estimate of drug-likeness (QED) is 0.595. The maximum absolute atomic E-state index is 13.4. The van der Waals surface area contributed by atoms with Crippen molar-refractivity contribution < 1.29 is 18.7 Å². The number of fused-ring (bicyclic) bond motifs is 1. The molecule has 1 aromatic carbocycles. The fraction of sp³-hybridized carbons (Fsp3) is 0.560. The van der Waals surface area contributed by atoms with E-state index in [-0.39, 0.29) is 24.0 Å². The molecule has 0 saturated heterocycles. The molecule has 31 heavy (non-hydrogen) atoms. The zero-order valence-electron chi connectivity index (χ0n) is 18.4. The molecule has 0 aliphatic heterocycles. The van der Waals surface area contributed by atoms with E-state index in [0.717, 1.165) is 48.6 Å². The average molecular weight is 424 g/mol. The van der Waals surface area contributed by atoms with Gasteiger partial charge in [-0.25, -0.2) is 4.79 Å². The van der Waals surface area contributed by atoms with Gasteiger partial charge in [0.25, 0.3) is 0 Å². The van der Waals surface area contributed by atoms with E-state index in [1.165, 1.54) is 6.07 Å². The number of hydrogen-bond acceptors (Lipinski definition) is 5. The number of carbonyl (C=O) groups is 2. The van der Waals surface area contributed by atoms with E-state index >= 15 is 0 Å². The molecular formula is C25H29NO5. The van der Waals surface area contributed by atoms with E-state index in [4.69, 9.17) is 9.15 Å². The van der Waals surface area contributed by atoms with E-state index in [1.54, 1.807) is 6.92 Å². The Kier molecular flexibility index (Phi) is 4.54. The normalized spacial score (nSPS) is 31.1. The Morgan fingerprint density at radius 2 is 1.87 bits per heavy atom. The van der Waals surface area contributed by atoms with Crippen molar-refractivity contribution in [2.24, 2.45) is 17.3 Å². The summed E-state index contributed by atoms with van der Waals surface area (Å²) in [5.74, 6) is 0.687. The van der Waals surface area contributed by atoms with Crippen molar-refractivity contribution in [3.63, 3.8) is 0 Å². The molecule has 164 valence electrons. The molecular weight excluding hydrogens is 394 g/mol. The van der Waals surface area contributed by atoms with Crippen LogP contribution in [0.2, 0.25) is 0 Å². The van der Waals surface area contributed by atoms with Crippen molar-refractivity contribution >= 4 is 22.8 Å². The Labute approximate surface area is 181 Å². The molecule has 0 spiro atoms. The Balaban J connectivity index is 1.41. The lowest BCUT2D eigenvalue weighted by atomic mass is 9.47. The number of benzene rings is 1. The fourth-order valence-corrected chi connectivity index (χ4v) is 6.96. The first-order valence-corrected chi connectivity index (χ1v) is 11.2. The molecule has 4 bridgehead atoms. The van der Waals surface area contributed by atoms with E-state index < -0.39 is 11.0 Å². The summed E-state index contributed by atoms with van der Waals surface area (Å²) < 4.78 is 11.3. The molecule has 1 heterocycles. The van der Waals surface area contributed by atoms with E-state index in [9.17, 15) is 14.4 Å². The third-order valence-electron chi connectivity index (χ3n) is 7.81. The second-order valence-corrected chi connectivity index (χ2v) is 10.3. The summed E-state index contributed by atoms with van der Waals surface area (Å²) in [7, 11) is 0. The maximum atomic E-state index is 13.4. The van der Waals surface area contributed by atoms with Crippen molar-refractivity contribution in [1.29, 1.82) is 0 Å². The molecule has 2 atom stereocenters. The number of hydrogen-bond donors (Lipinski definition) is 1. The second-order valence-electron chi connectivity index (χ2n) is 10.3. The van der Waals surface area contributed by atoms with Gasteiger partial charge in [-0.1, -0.05) is 12.1 Å². The number of esters is 1. The van der Waals surface area contributed by atoms with Crippen LogP contribution in [0, 0.1) is 31.1 Å². The molecule has 1 N–H and O–H groups in total.